The lowest BCUT2D eigenvalue weighted by Gasteiger charge is -2.14. The Morgan fingerprint density at radius 3 is 2.64 bits per heavy atom. The Balaban J connectivity index is 3.93. The van der Waals surface area contributed by atoms with Crippen molar-refractivity contribution in [3.63, 3.8) is 0 Å². The van der Waals surface area contributed by atoms with Crippen LogP contribution in [0.5, 0.6) is 0 Å². The quantitative estimate of drug-likeness (QED) is 0.330. The summed E-state index contributed by atoms with van der Waals surface area (Å²) in [6.07, 6.45) is 5.50. The van der Waals surface area contributed by atoms with Gasteiger partial charge in [-0.05, 0) is 0 Å². The van der Waals surface area contributed by atoms with E-state index in [4.69, 9.17) is 6.42 Å². The zero-order valence-electron chi connectivity index (χ0n) is 8.04. The molecule has 78 valence electrons. The van der Waals surface area contributed by atoms with Crippen LogP contribution in [-0.2, 0) is 9.59 Å². The van der Waals surface area contributed by atoms with E-state index in [1.165, 1.54) is 6.92 Å². The molecule has 0 radical (unpaired) electrons. The van der Waals surface area contributed by atoms with E-state index in [0.717, 1.165) is 0 Å². The van der Waals surface area contributed by atoms with Crippen LogP contribution in [0.2, 0.25) is 0 Å². The minimum atomic E-state index is -0.589. The third-order valence-corrected chi connectivity index (χ3v) is 1.81. The van der Waals surface area contributed by atoms with E-state index in [0.29, 0.717) is 13.0 Å². The summed E-state index contributed by atoms with van der Waals surface area (Å²) in [5.74, 6) is 2.15. The van der Waals surface area contributed by atoms with E-state index in [2.05, 4.69) is 29.2 Å². The highest BCUT2D eigenvalue weighted by molar-refractivity contribution is 7.80. The summed E-state index contributed by atoms with van der Waals surface area (Å²) >= 11 is 3.96. The Morgan fingerprint density at radius 1 is 1.57 bits per heavy atom. The van der Waals surface area contributed by atoms with Crippen LogP contribution in [0.15, 0.2) is 0 Å². The van der Waals surface area contributed by atoms with Crippen molar-refractivity contribution in [1.29, 1.82) is 0 Å². The second-order valence-corrected chi connectivity index (χ2v) is 3.05. The van der Waals surface area contributed by atoms with Crippen LogP contribution < -0.4 is 10.6 Å². The zero-order valence-corrected chi connectivity index (χ0v) is 8.93. The second-order valence-electron chi connectivity index (χ2n) is 2.68. The van der Waals surface area contributed by atoms with E-state index in [9.17, 15) is 9.59 Å². The van der Waals surface area contributed by atoms with Gasteiger partial charge in [-0.3, -0.25) is 9.59 Å². The Hall–Kier alpha value is -1.15. The van der Waals surface area contributed by atoms with Gasteiger partial charge in [0.2, 0.25) is 11.8 Å². The molecule has 5 heteroatoms. The summed E-state index contributed by atoms with van der Waals surface area (Å²) in [7, 11) is 0. The van der Waals surface area contributed by atoms with Crippen molar-refractivity contribution in [2.75, 3.05) is 12.3 Å². The molecule has 0 aliphatic heterocycles. The number of rotatable bonds is 5. The maximum atomic E-state index is 11.3. The lowest BCUT2D eigenvalue weighted by atomic mass is 10.3. The number of carbonyl (C=O) groups is 2. The second kappa shape index (κ2) is 7.27. The Morgan fingerprint density at radius 2 is 2.21 bits per heavy atom. The van der Waals surface area contributed by atoms with Crippen LogP contribution in [0, 0.1) is 12.3 Å². The van der Waals surface area contributed by atoms with Gasteiger partial charge < -0.3 is 10.6 Å². The number of hydrogen-bond donors (Lipinski definition) is 3. The van der Waals surface area contributed by atoms with E-state index in [1.807, 2.05) is 0 Å². The number of thiol groups is 1. The molecule has 0 rings (SSSR count). The minimum absolute atomic E-state index is 0.254. The van der Waals surface area contributed by atoms with E-state index in [1.54, 1.807) is 0 Å². The molecule has 0 heterocycles. The summed E-state index contributed by atoms with van der Waals surface area (Å²) in [4.78, 5) is 22.0. The summed E-state index contributed by atoms with van der Waals surface area (Å²) in [5.41, 5.74) is 0. The number of amides is 2. The zero-order chi connectivity index (χ0) is 11.0. The average molecular weight is 214 g/mol. The van der Waals surface area contributed by atoms with Crippen molar-refractivity contribution in [3.05, 3.63) is 0 Å². The van der Waals surface area contributed by atoms with Crippen molar-refractivity contribution in [3.8, 4) is 12.3 Å². The van der Waals surface area contributed by atoms with Crippen LogP contribution in [-0.4, -0.2) is 30.2 Å². The van der Waals surface area contributed by atoms with Crippen LogP contribution in [0.25, 0.3) is 0 Å². The fourth-order valence-corrected chi connectivity index (χ4v) is 1.08. The summed E-state index contributed by atoms with van der Waals surface area (Å²) in [6.45, 7) is 1.77. The number of hydrogen-bond acceptors (Lipinski definition) is 3. The molecular weight excluding hydrogens is 200 g/mol. The topological polar surface area (TPSA) is 58.2 Å². The first-order valence-corrected chi connectivity index (χ1v) is 4.84. The lowest BCUT2D eigenvalue weighted by Crippen LogP contribution is -2.47. The average Bonchev–Trinajstić information content (AvgIpc) is 2.14. The summed E-state index contributed by atoms with van der Waals surface area (Å²) in [6, 6.07) is -0.589. The molecule has 0 aromatic rings. The van der Waals surface area contributed by atoms with Gasteiger partial charge >= 0.3 is 0 Å². The lowest BCUT2D eigenvalue weighted by molar-refractivity contribution is -0.127. The molecule has 1 unspecified atom stereocenters. The molecule has 2 amide bonds. The van der Waals surface area contributed by atoms with Gasteiger partial charge in [0, 0.05) is 25.6 Å². The molecule has 0 aliphatic rings. The van der Waals surface area contributed by atoms with Gasteiger partial charge in [-0.15, -0.1) is 12.3 Å². The van der Waals surface area contributed by atoms with Crippen molar-refractivity contribution in [2.24, 2.45) is 0 Å². The fourth-order valence-electron chi connectivity index (χ4n) is 0.821. The van der Waals surface area contributed by atoms with Crippen molar-refractivity contribution in [2.45, 2.75) is 19.4 Å². The SMILES string of the molecule is C#CCCNC(=O)C(CS)NC(C)=O. The first kappa shape index (κ1) is 12.8. The molecule has 0 spiro atoms. The molecule has 4 nitrogen and oxygen atoms in total. The molecule has 0 saturated carbocycles. The van der Waals surface area contributed by atoms with E-state index in [-0.39, 0.29) is 17.6 Å². The Labute approximate surface area is 89.2 Å². The monoisotopic (exact) mass is 214 g/mol. The predicted octanol–water partition coefficient (Wildman–Crippen LogP) is -0.440. The van der Waals surface area contributed by atoms with Gasteiger partial charge in [0.1, 0.15) is 6.04 Å². The van der Waals surface area contributed by atoms with Gasteiger partial charge in [-0.25, -0.2) is 0 Å². The summed E-state index contributed by atoms with van der Waals surface area (Å²) < 4.78 is 0. The highest BCUT2D eigenvalue weighted by Gasteiger charge is 2.16. The highest BCUT2D eigenvalue weighted by Crippen LogP contribution is 1.88. The van der Waals surface area contributed by atoms with Gasteiger partial charge in [-0.2, -0.15) is 12.6 Å². The first-order chi connectivity index (χ1) is 6.61. The van der Waals surface area contributed by atoms with Crippen LogP contribution in [0.3, 0.4) is 0 Å². The number of carbonyl (C=O) groups excluding carboxylic acids is 2. The number of nitrogens with one attached hydrogen (secondary N) is 2. The molecule has 1 atom stereocenters. The maximum Gasteiger partial charge on any atom is 0.243 e. The van der Waals surface area contributed by atoms with Gasteiger partial charge in [0.05, 0.1) is 0 Å². The van der Waals surface area contributed by atoms with Crippen molar-refractivity contribution < 1.29 is 9.59 Å². The van der Waals surface area contributed by atoms with Crippen LogP contribution in [0.4, 0.5) is 0 Å². The molecular formula is C9H14N2O2S. The molecule has 0 bridgehead atoms. The molecule has 2 N–H and O–H groups in total. The highest BCUT2D eigenvalue weighted by atomic mass is 32.1. The molecule has 14 heavy (non-hydrogen) atoms. The van der Waals surface area contributed by atoms with Crippen molar-refractivity contribution >= 4 is 24.4 Å². The number of terminal acetylenes is 1. The smallest absolute Gasteiger partial charge is 0.243 e. The largest absolute Gasteiger partial charge is 0.353 e. The third kappa shape index (κ3) is 5.49. The summed E-state index contributed by atoms with van der Waals surface area (Å²) in [5, 5.41) is 5.07. The molecule has 0 saturated heterocycles. The molecule has 0 aliphatic carbocycles. The molecule has 0 aromatic heterocycles. The Kier molecular flexibility index (Phi) is 6.68. The first-order valence-electron chi connectivity index (χ1n) is 4.21. The predicted molar refractivity (Wildman–Crippen MR) is 57.9 cm³/mol. The normalized spacial score (nSPS) is 11.2. The third-order valence-electron chi connectivity index (χ3n) is 1.45. The van der Waals surface area contributed by atoms with Gasteiger partial charge in [0.25, 0.3) is 0 Å². The Bertz CT molecular complexity index is 248. The van der Waals surface area contributed by atoms with Crippen LogP contribution in [0.1, 0.15) is 13.3 Å². The van der Waals surface area contributed by atoms with Crippen LogP contribution >= 0.6 is 12.6 Å². The minimum Gasteiger partial charge on any atom is -0.353 e. The van der Waals surface area contributed by atoms with Gasteiger partial charge in [-0.1, -0.05) is 0 Å². The van der Waals surface area contributed by atoms with Crippen molar-refractivity contribution in [1.82, 2.24) is 10.6 Å². The fraction of sp³-hybridized carbons (Fsp3) is 0.556. The van der Waals surface area contributed by atoms with E-state index < -0.39 is 6.04 Å². The van der Waals surface area contributed by atoms with E-state index >= 15 is 0 Å². The molecule has 0 fully saturated rings. The maximum absolute atomic E-state index is 11.3. The van der Waals surface area contributed by atoms with Gasteiger partial charge in [0.15, 0.2) is 0 Å². The standard InChI is InChI=1S/C9H14N2O2S/c1-3-4-5-10-9(13)8(6-14)11-7(2)12/h1,8,14H,4-6H2,2H3,(H,10,13)(H,11,12). The molecule has 0 aromatic carbocycles.